The van der Waals surface area contributed by atoms with Gasteiger partial charge in [-0.25, -0.2) is 0 Å². The number of nitrogens with zero attached hydrogens (tertiary/aromatic N) is 2. The van der Waals surface area contributed by atoms with E-state index in [0.717, 1.165) is 11.0 Å². The number of aryl methyl sites for hydroxylation is 4. The van der Waals surface area contributed by atoms with Crippen LogP contribution < -0.4 is 0 Å². The normalized spacial score (nSPS) is 10.7. The third-order valence-electron chi connectivity index (χ3n) is 3.92. The minimum absolute atomic E-state index is 0. The number of hydrogen-bond acceptors (Lipinski definition) is 2. The first-order valence-corrected chi connectivity index (χ1v) is 6.20. The van der Waals surface area contributed by atoms with E-state index in [0.29, 0.717) is 0 Å². The smallest absolute Gasteiger partial charge is 0.254 e. The van der Waals surface area contributed by atoms with E-state index in [9.17, 15) is 0 Å². The van der Waals surface area contributed by atoms with Crippen LogP contribution >= 0.6 is 0 Å². The van der Waals surface area contributed by atoms with Gasteiger partial charge in [-0.2, -0.15) is 0 Å². The monoisotopic (exact) mass is 389 g/mol. The van der Waals surface area contributed by atoms with Crippen LogP contribution in [0.2, 0.25) is 0 Å². The molecule has 1 aromatic carbocycles. The molecule has 2 aromatic heterocycles. The van der Waals surface area contributed by atoms with Gasteiger partial charge in [-0.05, 0) is 49.9 Å². The number of aromatic nitrogens is 2. The standard InChI is InChI=1S/C16H16N2.Eu/c1-9-7-17-15-13(11(9)3)5-6-14-12(4)10(2)8-18-16(14)15;/h5-8H,1-4H3;/q;+3. The molecule has 0 fully saturated rings. The summed E-state index contributed by atoms with van der Waals surface area (Å²) in [6, 6.07) is 4.34. The van der Waals surface area contributed by atoms with Gasteiger partial charge in [0.1, 0.15) is 0 Å². The molecule has 2 nitrogen and oxygen atoms in total. The predicted molar refractivity (Wildman–Crippen MR) is 76.0 cm³/mol. The molecule has 0 bridgehead atoms. The fourth-order valence-corrected chi connectivity index (χ4v) is 2.39. The van der Waals surface area contributed by atoms with Crippen molar-refractivity contribution < 1.29 is 49.4 Å². The molecule has 0 unspecified atom stereocenters. The Kier molecular flexibility index (Phi) is 4.39. The van der Waals surface area contributed by atoms with Crippen LogP contribution in [0.15, 0.2) is 24.5 Å². The molecule has 0 aliphatic heterocycles. The summed E-state index contributed by atoms with van der Waals surface area (Å²) >= 11 is 0. The average molecular weight is 388 g/mol. The van der Waals surface area contributed by atoms with Gasteiger partial charge in [-0.1, -0.05) is 12.1 Å². The van der Waals surface area contributed by atoms with Crippen LogP contribution in [-0.2, 0) is 0 Å². The molecule has 2 heterocycles. The summed E-state index contributed by atoms with van der Waals surface area (Å²) in [6.45, 7) is 8.48. The van der Waals surface area contributed by atoms with Crippen LogP contribution in [-0.4, -0.2) is 9.97 Å². The Morgan fingerprint density at radius 3 is 1.42 bits per heavy atom. The van der Waals surface area contributed by atoms with E-state index in [1.54, 1.807) is 0 Å². The third kappa shape index (κ3) is 2.37. The predicted octanol–water partition coefficient (Wildman–Crippen LogP) is 4.02. The van der Waals surface area contributed by atoms with Gasteiger partial charge in [0.2, 0.25) is 0 Å². The Bertz CT molecular complexity index is 712. The van der Waals surface area contributed by atoms with Gasteiger partial charge in [0.05, 0.1) is 11.0 Å². The molecule has 0 spiro atoms. The van der Waals surface area contributed by atoms with Crippen LogP contribution in [0.1, 0.15) is 22.3 Å². The van der Waals surface area contributed by atoms with Gasteiger partial charge >= 0.3 is 49.4 Å². The second-order valence-corrected chi connectivity index (χ2v) is 4.99. The average Bonchev–Trinajstić information content (AvgIpc) is 2.38. The Balaban J connectivity index is 0.00000133. The molecule has 0 N–H and O–H groups in total. The van der Waals surface area contributed by atoms with Crippen LogP contribution in [0, 0.1) is 77.1 Å². The maximum absolute atomic E-state index is 4.58. The van der Waals surface area contributed by atoms with Crippen molar-refractivity contribution in [3.8, 4) is 0 Å². The number of benzene rings is 1. The molecule has 0 aliphatic carbocycles. The first-order chi connectivity index (χ1) is 8.59. The summed E-state index contributed by atoms with van der Waals surface area (Å²) in [5.41, 5.74) is 7.07. The third-order valence-corrected chi connectivity index (χ3v) is 3.92. The summed E-state index contributed by atoms with van der Waals surface area (Å²) in [5, 5.41) is 2.41. The zero-order chi connectivity index (χ0) is 12.9. The quantitative estimate of drug-likeness (QED) is 0.544. The maximum Gasteiger partial charge on any atom is 3.00 e. The summed E-state index contributed by atoms with van der Waals surface area (Å²) in [6.07, 6.45) is 3.88. The van der Waals surface area contributed by atoms with Gasteiger partial charge in [0.15, 0.2) is 0 Å². The van der Waals surface area contributed by atoms with Crippen LogP contribution in [0.25, 0.3) is 21.8 Å². The second kappa shape index (κ2) is 5.55. The number of pyridine rings is 2. The molecule has 0 amide bonds. The van der Waals surface area contributed by atoms with Crippen molar-refractivity contribution in [3.63, 3.8) is 0 Å². The number of rotatable bonds is 0. The Labute approximate surface area is 154 Å². The number of fused-ring (bicyclic) bond motifs is 3. The van der Waals surface area contributed by atoms with Gasteiger partial charge in [0, 0.05) is 23.2 Å². The van der Waals surface area contributed by atoms with Crippen molar-refractivity contribution >= 4 is 21.8 Å². The zero-order valence-corrected chi connectivity index (χ0v) is 14.0. The van der Waals surface area contributed by atoms with Crippen LogP contribution in [0.5, 0.6) is 0 Å². The molecule has 0 saturated heterocycles. The molecule has 0 aliphatic rings. The Morgan fingerprint density at radius 1 is 0.684 bits per heavy atom. The fraction of sp³-hybridized carbons (Fsp3) is 0.250. The zero-order valence-electron chi connectivity index (χ0n) is 11.6. The minimum atomic E-state index is 0. The van der Waals surface area contributed by atoms with E-state index in [1.165, 1.54) is 33.0 Å². The van der Waals surface area contributed by atoms with Crippen molar-refractivity contribution in [2.45, 2.75) is 27.7 Å². The Morgan fingerprint density at radius 2 is 1.05 bits per heavy atom. The van der Waals surface area contributed by atoms with E-state index >= 15 is 0 Å². The van der Waals surface area contributed by atoms with Crippen molar-refractivity contribution in [1.82, 2.24) is 9.97 Å². The van der Waals surface area contributed by atoms with Crippen molar-refractivity contribution in [2.24, 2.45) is 0 Å². The molecular weight excluding hydrogens is 372 g/mol. The van der Waals surface area contributed by atoms with Crippen LogP contribution in [0.3, 0.4) is 0 Å². The molecule has 0 radical (unpaired) electrons. The van der Waals surface area contributed by atoms with Crippen LogP contribution in [0.4, 0.5) is 0 Å². The topological polar surface area (TPSA) is 25.8 Å². The molecule has 3 heteroatoms. The molecular formula is C16H16EuN2+3. The van der Waals surface area contributed by atoms with Gasteiger partial charge in [-0.3, -0.25) is 9.97 Å². The van der Waals surface area contributed by atoms with E-state index < -0.39 is 0 Å². The number of hydrogen-bond donors (Lipinski definition) is 0. The van der Waals surface area contributed by atoms with E-state index in [4.69, 9.17) is 0 Å². The van der Waals surface area contributed by atoms with Crippen molar-refractivity contribution in [1.29, 1.82) is 0 Å². The summed E-state index contributed by atoms with van der Waals surface area (Å²) in [5.74, 6) is 0. The van der Waals surface area contributed by atoms with E-state index in [1.807, 2.05) is 12.4 Å². The molecule has 94 valence electrons. The van der Waals surface area contributed by atoms with E-state index in [2.05, 4.69) is 49.8 Å². The van der Waals surface area contributed by atoms with E-state index in [-0.39, 0.29) is 49.4 Å². The largest absolute Gasteiger partial charge is 3.00 e. The molecule has 3 rings (SSSR count). The molecule has 0 atom stereocenters. The SMILES string of the molecule is Cc1cnc2c(ccc3c(C)c(C)cnc32)c1C.[Eu+3]. The van der Waals surface area contributed by atoms with Gasteiger partial charge in [0.25, 0.3) is 0 Å². The van der Waals surface area contributed by atoms with Gasteiger partial charge < -0.3 is 0 Å². The van der Waals surface area contributed by atoms with Crippen molar-refractivity contribution in [3.05, 3.63) is 46.8 Å². The summed E-state index contributed by atoms with van der Waals surface area (Å²) in [4.78, 5) is 9.16. The first kappa shape index (κ1) is 15.0. The van der Waals surface area contributed by atoms with Crippen molar-refractivity contribution in [2.75, 3.05) is 0 Å². The minimum Gasteiger partial charge on any atom is -0.254 e. The fourth-order valence-electron chi connectivity index (χ4n) is 2.39. The first-order valence-electron chi connectivity index (χ1n) is 6.20. The summed E-state index contributed by atoms with van der Waals surface area (Å²) in [7, 11) is 0. The molecule has 19 heavy (non-hydrogen) atoms. The second-order valence-electron chi connectivity index (χ2n) is 4.99. The Hall–Kier alpha value is -0.376. The maximum atomic E-state index is 4.58. The molecule has 0 saturated carbocycles. The summed E-state index contributed by atoms with van der Waals surface area (Å²) < 4.78 is 0. The molecule has 3 aromatic rings. The van der Waals surface area contributed by atoms with Gasteiger partial charge in [-0.15, -0.1) is 0 Å².